The zero-order chi connectivity index (χ0) is 29.5. The van der Waals surface area contributed by atoms with Crippen molar-refractivity contribution in [1.82, 2.24) is 9.55 Å². The fourth-order valence-corrected chi connectivity index (χ4v) is 7.69. The van der Waals surface area contributed by atoms with Gasteiger partial charge in [-0.15, -0.1) is 22.7 Å². The highest BCUT2D eigenvalue weighted by molar-refractivity contribution is 9.11. The van der Waals surface area contributed by atoms with E-state index in [1.807, 2.05) is 52.9 Å². The standard InChI is InChI=1S/C14H11BrCl2N2OS.C14H9BrCl2N2S/c1-14(20)7-19(10-6-8(16)2-3-9(10)17)13(18-14)11-4-5-12(15)21-11;1-8-7-19(11-6-9(16)2-3-10(11)17)14(18-8)12-4-5-13(15)20-12/h2-6,20H,7H2,1H3;2-7H,1H3. The summed E-state index contributed by atoms with van der Waals surface area (Å²) in [6, 6.07) is 18.6. The lowest BCUT2D eigenvalue weighted by Gasteiger charge is -2.23. The minimum Gasteiger partial charge on any atom is -0.368 e. The van der Waals surface area contributed by atoms with E-state index in [1.165, 1.54) is 0 Å². The molecule has 41 heavy (non-hydrogen) atoms. The Labute approximate surface area is 282 Å². The number of benzene rings is 2. The molecule has 0 radical (unpaired) electrons. The zero-order valence-corrected chi connectivity index (χ0v) is 29.2. The Bertz CT molecular complexity index is 1770. The van der Waals surface area contributed by atoms with Crippen LogP contribution in [-0.4, -0.2) is 32.8 Å². The fraction of sp³-hybridized carbons (Fsp3) is 0.143. The molecule has 6 rings (SSSR count). The van der Waals surface area contributed by atoms with Gasteiger partial charge >= 0.3 is 0 Å². The highest BCUT2D eigenvalue weighted by Crippen LogP contribution is 2.37. The molecule has 0 fully saturated rings. The molecule has 13 heteroatoms. The van der Waals surface area contributed by atoms with Crippen molar-refractivity contribution in [2.75, 3.05) is 11.4 Å². The molecule has 0 saturated heterocycles. The molecule has 4 heterocycles. The lowest BCUT2D eigenvalue weighted by Crippen LogP contribution is -2.34. The van der Waals surface area contributed by atoms with E-state index in [1.54, 1.807) is 59.9 Å². The lowest BCUT2D eigenvalue weighted by atomic mass is 10.2. The van der Waals surface area contributed by atoms with Gasteiger partial charge in [0, 0.05) is 16.2 Å². The molecule has 1 aliphatic heterocycles. The van der Waals surface area contributed by atoms with Crippen molar-refractivity contribution >= 4 is 112 Å². The number of hydrogen-bond acceptors (Lipinski definition) is 6. The maximum Gasteiger partial charge on any atom is 0.173 e. The number of nitrogens with zero attached hydrogens (tertiary/aromatic N) is 4. The smallest absolute Gasteiger partial charge is 0.173 e. The topological polar surface area (TPSA) is 53.6 Å². The summed E-state index contributed by atoms with van der Waals surface area (Å²) in [6.45, 7) is 3.97. The van der Waals surface area contributed by atoms with Gasteiger partial charge in [-0.2, -0.15) is 0 Å². The second-order valence-electron chi connectivity index (χ2n) is 9.21. The molecule has 3 aromatic heterocycles. The van der Waals surface area contributed by atoms with Crippen LogP contribution in [0.4, 0.5) is 5.69 Å². The number of halogens is 6. The predicted molar refractivity (Wildman–Crippen MR) is 182 cm³/mol. The summed E-state index contributed by atoms with van der Waals surface area (Å²) in [6.07, 6.45) is 1.96. The van der Waals surface area contributed by atoms with Crippen molar-refractivity contribution in [3.05, 3.63) is 105 Å². The Morgan fingerprint density at radius 1 is 0.829 bits per heavy atom. The quantitative estimate of drug-likeness (QED) is 0.197. The van der Waals surface area contributed by atoms with E-state index < -0.39 is 5.72 Å². The first-order valence-electron chi connectivity index (χ1n) is 12.0. The molecular formula is C28H20Br2Cl4N4OS2. The number of aryl methyl sites for hydroxylation is 1. The number of thiophene rings is 2. The first-order valence-corrected chi connectivity index (χ1v) is 16.7. The van der Waals surface area contributed by atoms with Gasteiger partial charge in [0.2, 0.25) is 0 Å². The van der Waals surface area contributed by atoms with Crippen LogP contribution < -0.4 is 4.90 Å². The summed E-state index contributed by atoms with van der Waals surface area (Å²) < 4.78 is 4.04. The molecule has 5 nitrogen and oxygen atoms in total. The van der Waals surface area contributed by atoms with Crippen molar-refractivity contribution in [2.45, 2.75) is 19.6 Å². The number of hydrogen-bond donors (Lipinski definition) is 1. The highest BCUT2D eigenvalue weighted by Gasteiger charge is 2.36. The summed E-state index contributed by atoms with van der Waals surface area (Å²) in [5, 5.41) is 12.8. The SMILES string of the molecule is CC1(O)CN(c2cc(Cl)ccc2Cl)C(c2ccc(Br)s2)=N1.Cc1cn(-c2cc(Cl)ccc2Cl)c(-c2ccc(Br)s2)n1. The molecule has 1 atom stereocenters. The van der Waals surface area contributed by atoms with Gasteiger partial charge in [0.15, 0.2) is 11.5 Å². The van der Waals surface area contributed by atoms with Gasteiger partial charge in [-0.3, -0.25) is 4.57 Å². The molecule has 212 valence electrons. The molecule has 0 bridgehead atoms. The first kappa shape index (κ1) is 31.0. The third-order valence-corrected chi connectivity index (χ3v) is 10.2. The minimum absolute atomic E-state index is 0.331. The molecule has 1 N–H and O–H groups in total. The summed E-state index contributed by atoms with van der Waals surface area (Å²) in [5.74, 6) is 1.56. The fourth-order valence-electron chi connectivity index (χ4n) is 4.17. The second kappa shape index (κ2) is 12.7. The number of aromatic nitrogens is 2. The monoisotopic (exact) mass is 790 g/mol. The summed E-state index contributed by atoms with van der Waals surface area (Å²) >= 11 is 34.8. The van der Waals surface area contributed by atoms with Crippen LogP contribution in [0.1, 0.15) is 17.5 Å². The second-order valence-corrected chi connectivity index (χ2v) is 15.8. The Hall–Kier alpha value is -1.40. The molecular weight excluding hydrogens is 774 g/mol. The van der Waals surface area contributed by atoms with Crippen LogP contribution in [0.5, 0.6) is 0 Å². The van der Waals surface area contributed by atoms with Crippen molar-refractivity contribution in [1.29, 1.82) is 0 Å². The summed E-state index contributed by atoms with van der Waals surface area (Å²) in [7, 11) is 0. The molecule has 0 amide bonds. The van der Waals surface area contributed by atoms with Gasteiger partial charge < -0.3 is 10.0 Å². The Morgan fingerprint density at radius 2 is 1.39 bits per heavy atom. The number of anilines is 1. The van der Waals surface area contributed by atoms with Crippen LogP contribution >= 0.6 is 101 Å². The van der Waals surface area contributed by atoms with E-state index in [2.05, 4.69) is 41.8 Å². The highest BCUT2D eigenvalue weighted by atomic mass is 79.9. The van der Waals surface area contributed by atoms with E-state index in [0.717, 1.165) is 40.2 Å². The molecule has 0 spiro atoms. The largest absolute Gasteiger partial charge is 0.368 e. The third-order valence-electron chi connectivity index (χ3n) is 5.84. The Morgan fingerprint density at radius 3 is 1.98 bits per heavy atom. The van der Waals surface area contributed by atoms with Crippen molar-refractivity contribution < 1.29 is 5.11 Å². The van der Waals surface area contributed by atoms with E-state index >= 15 is 0 Å². The summed E-state index contributed by atoms with van der Waals surface area (Å²) in [4.78, 5) is 12.9. The van der Waals surface area contributed by atoms with E-state index in [9.17, 15) is 5.11 Å². The van der Waals surface area contributed by atoms with Crippen molar-refractivity contribution in [2.24, 2.45) is 4.99 Å². The number of aliphatic hydroxyl groups is 1. The average Bonchev–Trinajstić information content (AvgIpc) is 3.69. The van der Waals surface area contributed by atoms with E-state index in [-0.39, 0.29) is 0 Å². The lowest BCUT2D eigenvalue weighted by molar-refractivity contribution is 0.0879. The Balaban J connectivity index is 0.000000165. The van der Waals surface area contributed by atoms with Crippen LogP contribution in [0.25, 0.3) is 16.4 Å². The first-order chi connectivity index (χ1) is 19.4. The Kier molecular flexibility index (Phi) is 9.60. The maximum absolute atomic E-state index is 10.3. The van der Waals surface area contributed by atoms with Gasteiger partial charge in [0.25, 0.3) is 0 Å². The number of β-amino-alcohol motifs (C(OH)–C–C–N with tert-alkyl or cyclic N) is 1. The summed E-state index contributed by atoms with van der Waals surface area (Å²) in [5.41, 5.74) is 1.35. The number of imidazole rings is 1. The molecule has 1 unspecified atom stereocenters. The molecule has 0 saturated carbocycles. The van der Waals surface area contributed by atoms with E-state index in [0.29, 0.717) is 32.5 Å². The zero-order valence-electron chi connectivity index (χ0n) is 21.4. The number of aliphatic imine (C=N–C) groups is 1. The van der Waals surface area contributed by atoms with Gasteiger partial charge in [0.05, 0.1) is 51.0 Å². The molecule has 2 aromatic carbocycles. The van der Waals surface area contributed by atoms with Gasteiger partial charge in [0.1, 0.15) is 5.84 Å². The number of amidine groups is 1. The van der Waals surface area contributed by atoms with Crippen LogP contribution in [0, 0.1) is 6.92 Å². The average molecular weight is 794 g/mol. The number of rotatable bonds is 4. The van der Waals surface area contributed by atoms with Gasteiger partial charge in [-0.05, 0) is 106 Å². The molecule has 1 aliphatic rings. The third kappa shape index (κ3) is 7.22. The van der Waals surface area contributed by atoms with Crippen LogP contribution in [0.15, 0.2) is 79.4 Å². The van der Waals surface area contributed by atoms with Gasteiger partial charge in [-0.25, -0.2) is 9.98 Å². The maximum atomic E-state index is 10.3. The normalized spacial score (nSPS) is 16.5. The van der Waals surface area contributed by atoms with Gasteiger partial charge in [-0.1, -0.05) is 46.4 Å². The van der Waals surface area contributed by atoms with Crippen LogP contribution in [-0.2, 0) is 0 Å². The van der Waals surface area contributed by atoms with Crippen molar-refractivity contribution in [3.63, 3.8) is 0 Å². The minimum atomic E-state index is -1.16. The van der Waals surface area contributed by atoms with E-state index in [4.69, 9.17) is 46.4 Å². The molecule has 0 aliphatic carbocycles. The predicted octanol–water partition coefficient (Wildman–Crippen LogP) is 10.8. The van der Waals surface area contributed by atoms with Crippen molar-refractivity contribution in [3.8, 4) is 16.4 Å². The van der Waals surface area contributed by atoms with Crippen LogP contribution in [0.2, 0.25) is 20.1 Å². The molecule has 5 aromatic rings. The van der Waals surface area contributed by atoms with Crippen LogP contribution in [0.3, 0.4) is 0 Å².